The van der Waals surface area contributed by atoms with Gasteiger partial charge in [0.05, 0.1) is 22.5 Å². The third kappa shape index (κ3) is 8.07. The fraction of sp³-hybridized carbons (Fsp3) is 0.238. The molecule has 0 bridgehead atoms. The number of rotatable bonds is 10. The minimum Gasteiger partial charge on any atom is -0.506 e. The molecule has 3 aromatic rings. The van der Waals surface area contributed by atoms with Gasteiger partial charge in [-0.25, -0.2) is 4.99 Å². The van der Waals surface area contributed by atoms with Crippen LogP contribution in [0.25, 0.3) is 5.57 Å². The van der Waals surface area contributed by atoms with Crippen molar-refractivity contribution >= 4 is 52.2 Å². The van der Waals surface area contributed by atoms with E-state index >= 15 is 0 Å². The lowest BCUT2D eigenvalue weighted by Gasteiger charge is -2.29. The SMILES string of the molecule is CC(=O)OC(C(=O)N=C1C=C(N(C)C)C(C)=C/C1=C1\C(=O)C(c2cc(C)c(N(C)C)cc2NC(=O)C(OC(C)=O)c2ccccc2)=C1O)c1ccccc1. The largest absolute Gasteiger partial charge is 0.506 e. The second-order valence-corrected chi connectivity index (χ2v) is 13.3. The normalized spacial score (nSPS) is 17.1. The summed E-state index contributed by atoms with van der Waals surface area (Å²) in [4.78, 5) is 73.9. The maximum Gasteiger partial charge on any atom is 0.303 e. The highest BCUT2D eigenvalue weighted by Crippen LogP contribution is 2.44. The number of allylic oxidation sites excluding steroid dienone is 6. The Kier molecular flexibility index (Phi) is 11.4. The summed E-state index contributed by atoms with van der Waals surface area (Å²) in [7, 11) is 7.28. The summed E-state index contributed by atoms with van der Waals surface area (Å²) >= 11 is 0. The molecule has 0 spiro atoms. The molecule has 2 atom stereocenters. The Bertz CT molecular complexity index is 2190. The zero-order chi connectivity index (χ0) is 39.4. The van der Waals surface area contributed by atoms with E-state index in [1.165, 1.54) is 13.8 Å². The van der Waals surface area contributed by atoms with E-state index in [4.69, 9.17) is 9.47 Å². The highest BCUT2D eigenvalue weighted by molar-refractivity contribution is 6.42. The Labute approximate surface area is 313 Å². The van der Waals surface area contributed by atoms with Crippen molar-refractivity contribution in [3.05, 3.63) is 135 Å². The van der Waals surface area contributed by atoms with Crippen molar-refractivity contribution in [1.29, 1.82) is 0 Å². The van der Waals surface area contributed by atoms with Crippen molar-refractivity contribution < 1.29 is 38.6 Å². The average Bonchev–Trinajstić information content (AvgIpc) is 3.11. The molecule has 0 fully saturated rings. The number of nitrogens with one attached hydrogen (secondary N) is 1. The second-order valence-electron chi connectivity index (χ2n) is 13.3. The van der Waals surface area contributed by atoms with Gasteiger partial charge in [0.2, 0.25) is 18.0 Å². The van der Waals surface area contributed by atoms with Gasteiger partial charge in [-0.3, -0.25) is 24.0 Å². The molecule has 3 aromatic carbocycles. The van der Waals surface area contributed by atoms with Crippen LogP contribution in [-0.4, -0.2) is 73.4 Å². The van der Waals surface area contributed by atoms with Crippen molar-refractivity contribution in [2.24, 2.45) is 4.99 Å². The Hall–Kier alpha value is -6.56. The predicted molar refractivity (Wildman–Crippen MR) is 206 cm³/mol. The van der Waals surface area contributed by atoms with E-state index < -0.39 is 41.7 Å². The fourth-order valence-electron chi connectivity index (χ4n) is 6.35. The van der Waals surface area contributed by atoms with Gasteiger partial charge in [-0.2, -0.15) is 0 Å². The summed E-state index contributed by atoms with van der Waals surface area (Å²) < 4.78 is 10.8. The molecule has 0 saturated heterocycles. The topological polar surface area (TPSA) is 155 Å². The molecule has 54 heavy (non-hydrogen) atoms. The number of aliphatic hydroxyl groups is 1. The van der Waals surface area contributed by atoms with Crippen molar-refractivity contribution in [3.8, 4) is 0 Å². The summed E-state index contributed by atoms with van der Waals surface area (Å²) in [5, 5.41) is 14.6. The number of anilines is 2. The van der Waals surface area contributed by atoms with Crippen LogP contribution in [0.3, 0.4) is 0 Å². The maximum atomic E-state index is 14.3. The molecule has 12 heteroatoms. The quantitative estimate of drug-likeness (QED) is 0.184. The van der Waals surface area contributed by atoms with Crippen LogP contribution in [0.15, 0.2) is 118 Å². The van der Waals surface area contributed by atoms with Gasteiger partial charge < -0.3 is 29.7 Å². The number of Topliss-reactive ketones (excluding diaryl/α,β-unsaturated/α-hetero) is 1. The van der Waals surface area contributed by atoms with E-state index in [0.717, 1.165) is 16.8 Å². The van der Waals surface area contributed by atoms with Gasteiger partial charge in [0.25, 0.3) is 11.8 Å². The minimum absolute atomic E-state index is 0.0638. The van der Waals surface area contributed by atoms with E-state index in [-0.39, 0.29) is 39.4 Å². The number of likely N-dealkylation sites (N-methyl/N-ethyl adjacent to an activating group) is 1. The standard InChI is InChI=1S/C42H42N4O8/c1-23-19-29(31(21-33(23)45(5)6)43-41(51)39(53-25(3)47)27-15-11-9-12-16-27)35-37(49)36(38(35)50)30-20-24(2)34(46(7)8)22-32(30)44-42(52)40(54-26(4)48)28-17-13-10-14-18-28/h9-22,39-40,49H,1-8H3,(H,43,51)/b36-30+,44-32?. The van der Waals surface area contributed by atoms with Gasteiger partial charge in [0, 0.05) is 75.7 Å². The molecular formula is C42H42N4O8. The van der Waals surface area contributed by atoms with Crippen LogP contribution in [0.1, 0.15) is 55.2 Å². The molecule has 278 valence electrons. The fourth-order valence-corrected chi connectivity index (χ4v) is 6.35. The Balaban J connectivity index is 1.64. The van der Waals surface area contributed by atoms with E-state index in [1.54, 1.807) is 84.9 Å². The second kappa shape index (κ2) is 16.0. The molecule has 0 heterocycles. The first-order valence-corrected chi connectivity index (χ1v) is 17.1. The number of carbonyl (C=O) groups is 5. The number of carbonyl (C=O) groups excluding carboxylic acids is 5. The molecule has 0 saturated carbocycles. The Morgan fingerprint density at radius 1 is 0.759 bits per heavy atom. The summed E-state index contributed by atoms with van der Waals surface area (Å²) in [5.41, 5.74) is 4.32. The smallest absolute Gasteiger partial charge is 0.303 e. The highest BCUT2D eigenvalue weighted by atomic mass is 16.6. The van der Waals surface area contributed by atoms with Crippen molar-refractivity contribution in [1.82, 2.24) is 4.90 Å². The number of aliphatic imine (C=N–C) groups is 1. The third-order valence-corrected chi connectivity index (χ3v) is 8.80. The molecule has 2 unspecified atom stereocenters. The molecule has 0 radical (unpaired) electrons. The lowest BCUT2D eigenvalue weighted by atomic mass is 9.77. The Morgan fingerprint density at radius 2 is 1.31 bits per heavy atom. The van der Waals surface area contributed by atoms with Crippen LogP contribution in [0.5, 0.6) is 0 Å². The van der Waals surface area contributed by atoms with E-state index in [0.29, 0.717) is 16.8 Å². The van der Waals surface area contributed by atoms with Crippen LogP contribution >= 0.6 is 0 Å². The van der Waals surface area contributed by atoms with Gasteiger partial charge >= 0.3 is 11.9 Å². The first-order chi connectivity index (χ1) is 25.6. The summed E-state index contributed by atoms with van der Waals surface area (Å²) in [6.07, 6.45) is 0.648. The summed E-state index contributed by atoms with van der Waals surface area (Å²) in [5.74, 6) is -3.72. The first kappa shape index (κ1) is 38.7. The number of esters is 2. The number of amides is 2. The number of aryl methyl sites for hydroxylation is 1. The van der Waals surface area contributed by atoms with Gasteiger partial charge in [-0.05, 0) is 49.3 Å². The Morgan fingerprint density at radius 3 is 1.83 bits per heavy atom. The molecule has 2 aliphatic carbocycles. The molecule has 2 N–H and O–H groups in total. The van der Waals surface area contributed by atoms with Crippen LogP contribution < -0.4 is 10.2 Å². The van der Waals surface area contributed by atoms with Gasteiger partial charge in [0.15, 0.2) is 0 Å². The van der Waals surface area contributed by atoms with Gasteiger partial charge in [-0.15, -0.1) is 0 Å². The highest BCUT2D eigenvalue weighted by Gasteiger charge is 2.40. The number of aliphatic hydroxyl groups excluding tert-OH is 1. The summed E-state index contributed by atoms with van der Waals surface area (Å²) in [6, 6.07) is 20.3. The zero-order valence-corrected chi connectivity index (χ0v) is 31.4. The molecule has 12 nitrogen and oxygen atoms in total. The molecule has 0 aromatic heterocycles. The van der Waals surface area contributed by atoms with Crippen LogP contribution in [-0.2, 0) is 33.4 Å². The molecule has 2 aliphatic rings. The number of ether oxygens (including phenoxy) is 2. The van der Waals surface area contributed by atoms with Gasteiger partial charge in [-0.1, -0.05) is 60.7 Å². The van der Waals surface area contributed by atoms with Crippen LogP contribution in [0, 0.1) is 6.92 Å². The molecule has 0 aliphatic heterocycles. The van der Waals surface area contributed by atoms with E-state index in [9.17, 15) is 29.1 Å². The van der Waals surface area contributed by atoms with Crippen molar-refractivity contribution in [2.45, 2.75) is 39.9 Å². The van der Waals surface area contributed by atoms with Crippen LogP contribution in [0.4, 0.5) is 11.4 Å². The third-order valence-electron chi connectivity index (χ3n) is 8.80. The zero-order valence-electron chi connectivity index (χ0n) is 31.4. The van der Waals surface area contributed by atoms with Crippen molar-refractivity contribution in [3.63, 3.8) is 0 Å². The number of hydrogen-bond donors (Lipinski definition) is 2. The average molecular weight is 731 g/mol. The van der Waals surface area contributed by atoms with E-state index in [1.807, 2.05) is 51.8 Å². The van der Waals surface area contributed by atoms with Crippen molar-refractivity contribution in [2.75, 3.05) is 38.4 Å². The van der Waals surface area contributed by atoms with Gasteiger partial charge in [0.1, 0.15) is 5.76 Å². The lowest BCUT2D eigenvalue weighted by molar-refractivity contribution is -0.153. The number of ketones is 1. The minimum atomic E-state index is -1.35. The van der Waals surface area contributed by atoms with Crippen LogP contribution in [0.2, 0.25) is 0 Å². The maximum absolute atomic E-state index is 14.3. The first-order valence-electron chi connectivity index (χ1n) is 17.1. The number of benzene rings is 3. The number of nitrogens with zero attached hydrogens (tertiary/aromatic N) is 3. The summed E-state index contributed by atoms with van der Waals surface area (Å²) in [6.45, 7) is 6.06. The monoisotopic (exact) mass is 730 g/mol. The molecule has 2 amide bonds. The predicted octanol–water partition coefficient (Wildman–Crippen LogP) is 6.13. The molecule has 5 rings (SSSR count). The lowest BCUT2D eigenvalue weighted by Crippen LogP contribution is -2.29. The number of hydrogen-bond acceptors (Lipinski definition) is 10. The molecular weight excluding hydrogens is 688 g/mol. The van der Waals surface area contributed by atoms with E-state index in [2.05, 4.69) is 10.3 Å².